The minimum absolute atomic E-state index is 0.215. The fraction of sp³-hybridized carbons (Fsp3) is 0.212. The number of carbonyl (C=O) groups excluding carboxylic acids is 1. The summed E-state index contributed by atoms with van der Waals surface area (Å²) in [6, 6.07) is 25.2. The summed E-state index contributed by atoms with van der Waals surface area (Å²) < 4.78 is 17.8. The van der Waals surface area contributed by atoms with Gasteiger partial charge in [0.2, 0.25) is 5.91 Å². The summed E-state index contributed by atoms with van der Waals surface area (Å²) in [4.78, 5) is 23.0. The molecule has 0 saturated carbocycles. The largest absolute Gasteiger partial charge is 0.494 e. The van der Waals surface area contributed by atoms with E-state index in [1.807, 2.05) is 80.6 Å². The van der Waals surface area contributed by atoms with E-state index in [1.54, 1.807) is 20.3 Å². The first-order valence-corrected chi connectivity index (χ1v) is 15.4. The number of thioether (sulfide) groups is 1. The van der Waals surface area contributed by atoms with Crippen molar-refractivity contribution in [2.24, 2.45) is 0 Å². The molecule has 1 unspecified atom stereocenters. The van der Waals surface area contributed by atoms with Gasteiger partial charge in [-0.05, 0) is 43.7 Å². The highest BCUT2D eigenvalue weighted by Crippen LogP contribution is 2.43. The number of nitriles is 1. The van der Waals surface area contributed by atoms with Crippen LogP contribution in [0.15, 0.2) is 77.8 Å². The Bertz CT molecular complexity index is 1800. The first-order chi connectivity index (χ1) is 21.0. The van der Waals surface area contributed by atoms with Gasteiger partial charge in [0.15, 0.2) is 16.6 Å². The van der Waals surface area contributed by atoms with Crippen LogP contribution in [-0.4, -0.2) is 42.0 Å². The average molecular weight is 611 g/mol. The molecule has 5 rings (SSSR count). The van der Waals surface area contributed by atoms with Gasteiger partial charge >= 0.3 is 0 Å². The van der Waals surface area contributed by atoms with Gasteiger partial charge in [-0.25, -0.2) is 9.97 Å². The molecule has 0 aliphatic heterocycles. The molecule has 2 aromatic heterocycles. The minimum Gasteiger partial charge on any atom is -0.494 e. The molecular weight excluding hydrogens is 581 g/mol. The summed E-state index contributed by atoms with van der Waals surface area (Å²) in [5.41, 5.74) is 4.03. The van der Waals surface area contributed by atoms with Gasteiger partial charge in [0.25, 0.3) is 0 Å². The van der Waals surface area contributed by atoms with Gasteiger partial charge in [-0.2, -0.15) is 5.26 Å². The molecule has 43 heavy (non-hydrogen) atoms. The van der Waals surface area contributed by atoms with Gasteiger partial charge < -0.3 is 19.5 Å². The van der Waals surface area contributed by atoms with Crippen molar-refractivity contribution in [1.29, 1.82) is 5.26 Å². The highest BCUT2D eigenvalue weighted by molar-refractivity contribution is 8.00. The fourth-order valence-electron chi connectivity index (χ4n) is 4.64. The van der Waals surface area contributed by atoms with Crippen molar-refractivity contribution in [3.63, 3.8) is 0 Å². The number of para-hydroxylation sites is 1. The van der Waals surface area contributed by atoms with E-state index >= 15 is 0 Å². The zero-order valence-corrected chi connectivity index (χ0v) is 25.8. The lowest BCUT2D eigenvalue weighted by Gasteiger charge is -2.18. The molecule has 218 valence electrons. The number of fused-ring (bicyclic) bond motifs is 1. The van der Waals surface area contributed by atoms with Crippen LogP contribution in [0, 0.1) is 11.3 Å². The summed E-state index contributed by atoms with van der Waals surface area (Å²) in [5, 5.41) is 13.8. The van der Waals surface area contributed by atoms with Gasteiger partial charge in [-0.3, -0.25) is 4.79 Å². The Kier molecular flexibility index (Phi) is 9.45. The summed E-state index contributed by atoms with van der Waals surface area (Å²) in [6.45, 7) is 4.44. The number of anilines is 1. The topological polar surface area (TPSA) is 106 Å². The standard InChI is InChI=1S/C33H30N4O4S2/c1-5-28(31(38)37-33-36-25-16-15-21(41-6-2)17-29(25)43-33)42-32-24(19-34)23(18-26(35-32)20-11-8-7-9-12-20)22-13-10-14-27(39-3)30(22)40-4/h7-18,28H,5-6H2,1-4H3,(H,36,37,38). The van der Waals surface area contributed by atoms with Gasteiger partial charge in [0, 0.05) is 16.7 Å². The number of methoxy groups -OCH3 is 2. The van der Waals surface area contributed by atoms with Crippen molar-refractivity contribution in [3.05, 3.63) is 78.4 Å². The smallest absolute Gasteiger partial charge is 0.239 e. The summed E-state index contributed by atoms with van der Waals surface area (Å²) in [7, 11) is 3.14. The van der Waals surface area contributed by atoms with E-state index < -0.39 is 5.25 Å². The predicted molar refractivity (Wildman–Crippen MR) is 172 cm³/mol. The Morgan fingerprint density at radius 2 is 1.81 bits per heavy atom. The maximum absolute atomic E-state index is 13.6. The Morgan fingerprint density at radius 1 is 1.00 bits per heavy atom. The Labute approximate surface area is 258 Å². The van der Waals surface area contributed by atoms with Gasteiger partial charge in [0.05, 0.1) is 47.6 Å². The number of ether oxygens (including phenoxy) is 3. The van der Waals surface area contributed by atoms with Crippen molar-refractivity contribution >= 4 is 44.4 Å². The highest BCUT2D eigenvalue weighted by Gasteiger charge is 2.26. The molecule has 0 spiro atoms. The number of hydrogen-bond acceptors (Lipinski definition) is 9. The number of nitrogens with one attached hydrogen (secondary N) is 1. The Morgan fingerprint density at radius 3 is 2.51 bits per heavy atom. The van der Waals surface area contributed by atoms with E-state index in [-0.39, 0.29) is 5.91 Å². The Hall–Kier alpha value is -4.59. The SMILES string of the molecule is CCOc1ccc2nc(NC(=O)C(CC)Sc3nc(-c4ccccc4)cc(-c4cccc(OC)c4OC)c3C#N)sc2c1. The lowest BCUT2D eigenvalue weighted by Crippen LogP contribution is -2.24. The molecule has 1 N–H and O–H groups in total. The Balaban J connectivity index is 1.53. The van der Waals surface area contributed by atoms with E-state index in [4.69, 9.17) is 19.2 Å². The lowest BCUT2D eigenvalue weighted by atomic mass is 9.98. The van der Waals surface area contributed by atoms with Crippen LogP contribution in [0.1, 0.15) is 25.8 Å². The van der Waals surface area contributed by atoms with Crippen LogP contribution in [0.2, 0.25) is 0 Å². The lowest BCUT2D eigenvalue weighted by molar-refractivity contribution is -0.115. The molecule has 0 bridgehead atoms. The van der Waals surface area contributed by atoms with Crippen LogP contribution >= 0.6 is 23.1 Å². The fourth-order valence-corrected chi connectivity index (χ4v) is 6.57. The second kappa shape index (κ2) is 13.6. The number of pyridine rings is 1. The zero-order chi connectivity index (χ0) is 30.3. The number of aromatic nitrogens is 2. The average Bonchev–Trinajstić information content (AvgIpc) is 3.44. The highest BCUT2D eigenvalue weighted by atomic mass is 32.2. The quantitative estimate of drug-likeness (QED) is 0.151. The second-order valence-electron chi connectivity index (χ2n) is 9.34. The van der Waals surface area contributed by atoms with E-state index in [2.05, 4.69) is 16.4 Å². The van der Waals surface area contributed by atoms with Crippen LogP contribution in [0.3, 0.4) is 0 Å². The second-order valence-corrected chi connectivity index (χ2v) is 11.6. The molecule has 0 radical (unpaired) electrons. The van der Waals surface area contributed by atoms with E-state index in [9.17, 15) is 10.1 Å². The van der Waals surface area contributed by atoms with Crippen LogP contribution in [0.25, 0.3) is 32.6 Å². The zero-order valence-electron chi connectivity index (χ0n) is 24.2. The van der Waals surface area contributed by atoms with E-state index in [0.717, 1.165) is 21.5 Å². The van der Waals surface area contributed by atoms with Gasteiger partial charge in [0.1, 0.15) is 16.8 Å². The molecular formula is C33H30N4O4S2. The molecule has 0 aliphatic carbocycles. The molecule has 10 heteroatoms. The minimum atomic E-state index is -0.531. The third-order valence-electron chi connectivity index (χ3n) is 6.68. The summed E-state index contributed by atoms with van der Waals surface area (Å²) >= 11 is 2.65. The van der Waals surface area contributed by atoms with Gasteiger partial charge in [-0.1, -0.05) is 72.5 Å². The molecule has 1 amide bonds. The first-order valence-electron chi connectivity index (χ1n) is 13.7. The number of hydrogen-bond donors (Lipinski definition) is 1. The van der Waals surface area contributed by atoms with Crippen LogP contribution in [-0.2, 0) is 4.79 Å². The van der Waals surface area contributed by atoms with Crippen molar-refractivity contribution < 1.29 is 19.0 Å². The molecule has 0 fully saturated rings. The molecule has 3 aromatic carbocycles. The van der Waals surface area contributed by atoms with Crippen molar-refractivity contribution in [2.75, 3.05) is 26.1 Å². The number of rotatable bonds is 11. The third-order valence-corrected chi connectivity index (χ3v) is 8.96. The number of thiazole rings is 1. The van der Waals surface area contributed by atoms with Crippen LogP contribution in [0.5, 0.6) is 17.2 Å². The summed E-state index contributed by atoms with van der Waals surface area (Å²) in [6.07, 6.45) is 0.510. The third kappa shape index (κ3) is 6.43. The predicted octanol–water partition coefficient (Wildman–Crippen LogP) is 7.82. The normalized spacial score (nSPS) is 11.5. The number of benzene rings is 3. The number of carbonyl (C=O) groups is 1. The molecule has 0 aliphatic rings. The number of amides is 1. The molecule has 8 nitrogen and oxygen atoms in total. The van der Waals surface area contributed by atoms with Crippen LogP contribution < -0.4 is 19.5 Å². The number of nitrogens with zero attached hydrogens (tertiary/aromatic N) is 3. The molecule has 5 aromatic rings. The van der Waals surface area contributed by atoms with Gasteiger partial charge in [-0.15, -0.1) is 0 Å². The van der Waals surface area contributed by atoms with Crippen LogP contribution in [0.4, 0.5) is 5.13 Å². The van der Waals surface area contributed by atoms with E-state index in [0.29, 0.717) is 57.1 Å². The van der Waals surface area contributed by atoms with Crippen molar-refractivity contribution in [3.8, 4) is 45.7 Å². The first kappa shape index (κ1) is 29.9. The van der Waals surface area contributed by atoms with E-state index in [1.165, 1.54) is 23.1 Å². The monoisotopic (exact) mass is 610 g/mol. The maximum atomic E-state index is 13.6. The molecule has 0 saturated heterocycles. The molecule has 1 atom stereocenters. The molecule has 2 heterocycles. The van der Waals surface area contributed by atoms with Crippen molar-refractivity contribution in [1.82, 2.24) is 9.97 Å². The summed E-state index contributed by atoms with van der Waals surface area (Å²) in [5.74, 6) is 1.60. The maximum Gasteiger partial charge on any atom is 0.239 e. The van der Waals surface area contributed by atoms with Crippen molar-refractivity contribution in [2.45, 2.75) is 30.5 Å².